The lowest BCUT2D eigenvalue weighted by Gasteiger charge is -2.32. The smallest absolute Gasteiger partial charge is 0.306 e. The van der Waals surface area contributed by atoms with E-state index in [9.17, 15) is 9.59 Å². The topological polar surface area (TPSA) is 52.6 Å². The van der Waals surface area contributed by atoms with E-state index in [1.165, 1.54) is 7.11 Å². The van der Waals surface area contributed by atoms with Gasteiger partial charge in [0.15, 0.2) is 0 Å². The minimum atomic E-state index is -0.420. The van der Waals surface area contributed by atoms with Crippen LogP contribution in [-0.4, -0.2) is 32.1 Å². The first kappa shape index (κ1) is 18.4. The first-order valence-corrected chi connectivity index (χ1v) is 6.55. The molecule has 4 nitrogen and oxygen atoms in total. The molecule has 1 atom stereocenters. The Morgan fingerprint density at radius 3 is 2.21 bits per heavy atom. The van der Waals surface area contributed by atoms with Crippen molar-refractivity contribution in [1.82, 2.24) is 0 Å². The second-order valence-corrected chi connectivity index (χ2v) is 5.95. The summed E-state index contributed by atoms with van der Waals surface area (Å²) in [5, 5.41) is 0. The summed E-state index contributed by atoms with van der Waals surface area (Å²) in [4.78, 5) is 24.0. The summed E-state index contributed by atoms with van der Waals surface area (Å²) in [6, 6.07) is 0. The van der Waals surface area contributed by atoms with Crippen molar-refractivity contribution in [2.24, 2.45) is 17.3 Å². The lowest BCUT2D eigenvalue weighted by Crippen LogP contribution is -2.37. The van der Waals surface area contributed by atoms with Gasteiger partial charge in [-0.25, -0.2) is 0 Å². The van der Waals surface area contributed by atoms with Crippen LogP contribution in [-0.2, 0) is 19.1 Å². The summed E-state index contributed by atoms with van der Waals surface area (Å²) in [6.45, 7) is 7.07. The van der Waals surface area contributed by atoms with E-state index in [1.54, 1.807) is 0 Å². The van der Waals surface area contributed by atoms with Crippen molar-refractivity contribution in [2.75, 3.05) is 20.3 Å². The van der Waals surface area contributed by atoms with Gasteiger partial charge in [0.2, 0.25) is 0 Å². The molecule has 0 amide bonds. The molecule has 0 bridgehead atoms. The lowest BCUT2D eigenvalue weighted by molar-refractivity contribution is -0.147. The number of carbonyl (C=O) groups excluding carboxylic acids is 2. The molecule has 1 saturated heterocycles. The number of hydrogen-bond acceptors (Lipinski definition) is 4. The Balaban J connectivity index is 0.00000324. The van der Waals surface area contributed by atoms with Crippen LogP contribution in [0.1, 0.15) is 40.0 Å². The largest absolute Gasteiger partial charge is 0.469 e. The van der Waals surface area contributed by atoms with Crippen molar-refractivity contribution < 1.29 is 19.1 Å². The molecule has 1 fully saturated rings. The number of methoxy groups -OCH3 is 1. The van der Waals surface area contributed by atoms with Gasteiger partial charge in [-0.2, -0.15) is 13.5 Å². The number of Topliss-reactive ketones (excluding diaryl/α,β-unsaturated/α-hetero) is 1. The molecule has 1 aliphatic rings. The maximum Gasteiger partial charge on any atom is 0.306 e. The maximum atomic E-state index is 12.5. The fourth-order valence-corrected chi connectivity index (χ4v) is 2.41. The molecule has 112 valence electrons. The van der Waals surface area contributed by atoms with Gasteiger partial charge < -0.3 is 9.47 Å². The second-order valence-electron chi connectivity index (χ2n) is 5.95. The van der Waals surface area contributed by atoms with Crippen molar-refractivity contribution in [3.05, 3.63) is 0 Å². The Hall–Kier alpha value is -0.550. The van der Waals surface area contributed by atoms with Crippen LogP contribution in [0.25, 0.3) is 0 Å². The SMILES string of the molecule is COC(=O)C[C@H](C(=O)C(C)(C)C)C1CCOCC1.S. The Labute approximate surface area is 122 Å². The highest BCUT2D eigenvalue weighted by molar-refractivity contribution is 7.59. The first-order chi connectivity index (χ1) is 8.36. The first-order valence-electron chi connectivity index (χ1n) is 6.55. The zero-order valence-electron chi connectivity index (χ0n) is 12.3. The van der Waals surface area contributed by atoms with Crippen LogP contribution < -0.4 is 0 Å². The van der Waals surface area contributed by atoms with E-state index in [4.69, 9.17) is 9.47 Å². The Morgan fingerprint density at radius 1 is 1.26 bits per heavy atom. The number of carbonyl (C=O) groups is 2. The number of ether oxygens (including phenoxy) is 2. The number of esters is 1. The number of hydrogen-bond donors (Lipinski definition) is 0. The molecule has 0 saturated carbocycles. The normalized spacial score (nSPS) is 18.3. The minimum Gasteiger partial charge on any atom is -0.469 e. The Morgan fingerprint density at radius 2 is 1.79 bits per heavy atom. The molecule has 0 aromatic rings. The number of rotatable bonds is 4. The molecule has 0 aromatic carbocycles. The van der Waals surface area contributed by atoms with Crippen LogP contribution in [0.4, 0.5) is 0 Å². The van der Waals surface area contributed by atoms with Gasteiger partial charge in [-0.05, 0) is 18.8 Å². The Bertz CT molecular complexity index is 303. The molecule has 1 rings (SSSR count). The van der Waals surface area contributed by atoms with E-state index >= 15 is 0 Å². The molecular formula is C14H26O4S. The van der Waals surface area contributed by atoms with Gasteiger partial charge >= 0.3 is 5.97 Å². The minimum absolute atomic E-state index is 0. The van der Waals surface area contributed by atoms with Crippen LogP contribution in [0, 0.1) is 17.3 Å². The molecule has 19 heavy (non-hydrogen) atoms. The van der Waals surface area contributed by atoms with Crippen LogP contribution in [0.15, 0.2) is 0 Å². The molecule has 0 radical (unpaired) electrons. The van der Waals surface area contributed by atoms with Crippen LogP contribution >= 0.6 is 13.5 Å². The third-order valence-corrected chi connectivity index (χ3v) is 3.53. The average molecular weight is 290 g/mol. The van der Waals surface area contributed by atoms with Gasteiger partial charge in [0.25, 0.3) is 0 Å². The van der Waals surface area contributed by atoms with Crippen LogP contribution in [0.2, 0.25) is 0 Å². The third-order valence-electron chi connectivity index (χ3n) is 3.53. The maximum absolute atomic E-state index is 12.5. The highest BCUT2D eigenvalue weighted by Gasteiger charge is 2.37. The monoisotopic (exact) mass is 290 g/mol. The van der Waals surface area contributed by atoms with Gasteiger partial charge in [-0.3, -0.25) is 9.59 Å². The molecule has 1 aliphatic heterocycles. The molecule has 5 heteroatoms. The lowest BCUT2D eigenvalue weighted by atomic mass is 9.73. The van der Waals surface area contributed by atoms with E-state index in [1.807, 2.05) is 20.8 Å². The quantitative estimate of drug-likeness (QED) is 0.746. The van der Waals surface area contributed by atoms with E-state index in [-0.39, 0.29) is 43.5 Å². The van der Waals surface area contributed by atoms with E-state index in [2.05, 4.69) is 0 Å². The molecule has 0 N–H and O–H groups in total. The summed E-state index contributed by atoms with van der Waals surface area (Å²) < 4.78 is 10.0. The fourth-order valence-electron chi connectivity index (χ4n) is 2.41. The van der Waals surface area contributed by atoms with E-state index in [0.717, 1.165) is 12.8 Å². The predicted octanol–water partition coefficient (Wildman–Crippen LogP) is 2.32. The summed E-state index contributed by atoms with van der Waals surface area (Å²) >= 11 is 0. The third kappa shape index (κ3) is 5.53. The molecule has 0 unspecified atom stereocenters. The molecule has 0 spiro atoms. The second kappa shape index (κ2) is 7.90. The zero-order valence-corrected chi connectivity index (χ0v) is 13.3. The average Bonchev–Trinajstić information content (AvgIpc) is 2.34. The van der Waals surface area contributed by atoms with Crippen molar-refractivity contribution >= 4 is 25.2 Å². The van der Waals surface area contributed by atoms with Gasteiger partial charge in [0, 0.05) is 24.5 Å². The molecule has 0 aromatic heterocycles. The van der Waals surface area contributed by atoms with Gasteiger partial charge in [-0.1, -0.05) is 20.8 Å². The molecular weight excluding hydrogens is 264 g/mol. The summed E-state index contributed by atoms with van der Waals surface area (Å²) in [5.41, 5.74) is -0.420. The van der Waals surface area contributed by atoms with E-state index < -0.39 is 5.41 Å². The van der Waals surface area contributed by atoms with Gasteiger partial charge in [-0.15, -0.1) is 0 Å². The van der Waals surface area contributed by atoms with Crippen LogP contribution in [0.5, 0.6) is 0 Å². The Kier molecular flexibility index (Phi) is 7.67. The van der Waals surface area contributed by atoms with Crippen molar-refractivity contribution in [3.8, 4) is 0 Å². The van der Waals surface area contributed by atoms with Crippen molar-refractivity contribution in [3.63, 3.8) is 0 Å². The van der Waals surface area contributed by atoms with E-state index in [0.29, 0.717) is 13.2 Å². The molecule has 1 heterocycles. The highest BCUT2D eigenvalue weighted by Crippen LogP contribution is 2.33. The van der Waals surface area contributed by atoms with Crippen molar-refractivity contribution in [1.29, 1.82) is 0 Å². The molecule has 0 aliphatic carbocycles. The fraction of sp³-hybridized carbons (Fsp3) is 0.857. The van der Waals surface area contributed by atoms with Gasteiger partial charge in [0.05, 0.1) is 13.5 Å². The summed E-state index contributed by atoms with van der Waals surface area (Å²) in [6.07, 6.45) is 1.89. The standard InChI is InChI=1S/C14H24O4.H2S/c1-14(2,3)13(16)11(9-12(15)17-4)10-5-7-18-8-6-10;/h10-11H,5-9H2,1-4H3;1H2/t11-;/m0./s1. The predicted molar refractivity (Wildman–Crippen MR) is 78.5 cm³/mol. The summed E-state index contributed by atoms with van der Waals surface area (Å²) in [7, 11) is 1.37. The summed E-state index contributed by atoms with van der Waals surface area (Å²) in [5.74, 6) is -0.144. The van der Waals surface area contributed by atoms with Crippen molar-refractivity contribution in [2.45, 2.75) is 40.0 Å². The number of ketones is 1. The van der Waals surface area contributed by atoms with Crippen LogP contribution in [0.3, 0.4) is 0 Å². The highest BCUT2D eigenvalue weighted by atomic mass is 32.1. The zero-order chi connectivity index (χ0) is 13.8. The van der Waals surface area contributed by atoms with Gasteiger partial charge in [0.1, 0.15) is 5.78 Å².